The number of ether oxygens (including phenoxy) is 1. The van der Waals surface area contributed by atoms with E-state index >= 15 is 0 Å². The van der Waals surface area contributed by atoms with E-state index in [4.69, 9.17) is 33.7 Å². The van der Waals surface area contributed by atoms with Gasteiger partial charge in [-0.3, -0.25) is 4.68 Å². The summed E-state index contributed by atoms with van der Waals surface area (Å²) in [7, 11) is 0. The van der Waals surface area contributed by atoms with Gasteiger partial charge in [-0.1, -0.05) is 23.2 Å². The van der Waals surface area contributed by atoms with Gasteiger partial charge in [-0.05, 0) is 19.1 Å². The molecule has 2 N–H and O–H groups in total. The van der Waals surface area contributed by atoms with Crippen molar-refractivity contribution in [2.75, 3.05) is 5.73 Å². The topological polar surface area (TPSA) is 53.1 Å². The summed E-state index contributed by atoms with van der Waals surface area (Å²) >= 11 is 12.0. The molecule has 0 spiro atoms. The number of aryl methyl sites for hydroxylation is 1. The first kappa shape index (κ1) is 12.1. The molecule has 0 bridgehead atoms. The van der Waals surface area contributed by atoms with E-state index in [0.29, 0.717) is 27.2 Å². The fraction of sp³-hybridized carbons (Fsp3) is 0.182. The summed E-state index contributed by atoms with van der Waals surface area (Å²) in [5, 5.41) is 4.84. The van der Waals surface area contributed by atoms with Crippen LogP contribution in [0.4, 0.5) is 5.69 Å². The number of anilines is 1. The predicted octanol–water partition coefficient (Wildman–Crippen LogP) is 3.58. The van der Waals surface area contributed by atoms with Crippen molar-refractivity contribution in [2.45, 2.75) is 13.5 Å². The van der Waals surface area contributed by atoms with Crippen LogP contribution in [0.15, 0.2) is 24.5 Å². The predicted molar refractivity (Wildman–Crippen MR) is 68.8 cm³/mol. The Hall–Kier alpha value is -1.39. The molecule has 1 aromatic carbocycles. The Morgan fingerprint density at radius 1 is 1.35 bits per heavy atom. The molecule has 0 unspecified atom stereocenters. The maximum atomic E-state index is 6.01. The summed E-state index contributed by atoms with van der Waals surface area (Å²) < 4.78 is 7.32. The van der Waals surface area contributed by atoms with Gasteiger partial charge in [0, 0.05) is 12.2 Å². The fourth-order valence-corrected chi connectivity index (χ4v) is 1.95. The van der Waals surface area contributed by atoms with Gasteiger partial charge in [-0.15, -0.1) is 0 Å². The number of hydrogen-bond acceptors (Lipinski definition) is 3. The van der Waals surface area contributed by atoms with Crippen molar-refractivity contribution < 1.29 is 4.74 Å². The van der Waals surface area contributed by atoms with Crippen LogP contribution in [0.25, 0.3) is 0 Å². The molecule has 0 radical (unpaired) electrons. The lowest BCUT2D eigenvalue weighted by Gasteiger charge is -2.08. The molecule has 6 heteroatoms. The minimum absolute atomic E-state index is 0.374. The van der Waals surface area contributed by atoms with E-state index in [1.807, 2.05) is 6.92 Å². The van der Waals surface area contributed by atoms with E-state index in [2.05, 4.69) is 5.10 Å². The number of aromatic nitrogens is 2. The molecule has 1 heterocycles. The summed E-state index contributed by atoms with van der Waals surface area (Å²) in [5.41, 5.74) is 6.10. The minimum Gasteiger partial charge on any atom is -0.451 e. The molecule has 2 rings (SSSR count). The zero-order valence-electron chi connectivity index (χ0n) is 9.15. The number of halogens is 2. The minimum atomic E-state index is 0.374. The van der Waals surface area contributed by atoms with Crippen LogP contribution < -0.4 is 10.5 Å². The van der Waals surface area contributed by atoms with Gasteiger partial charge in [0.2, 0.25) is 0 Å². The number of rotatable bonds is 3. The Balaban J connectivity index is 2.29. The van der Waals surface area contributed by atoms with Gasteiger partial charge >= 0.3 is 0 Å². The monoisotopic (exact) mass is 271 g/mol. The normalized spacial score (nSPS) is 10.5. The molecule has 0 atom stereocenters. The van der Waals surface area contributed by atoms with Gasteiger partial charge in [0.1, 0.15) is 0 Å². The second kappa shape index (κ2) is 4.85. The SMILES string of the molecule is CCn1cc(Oc2c(Cl)cc(N)cc2Cl)cn1. The second-order valence-corrected chi connectivity index (χ2v) is 4.26. The molecule has 0 fully saturated rings. The zero-order valence-corrected chi connectivity index (χ0v) is 10.7. The van der Waals surface area contributed by atoms with Gasteiger partial charge in [-0.2, -0.15) is 5.10 Å². The third-order valence-corrected chi connectivity index (χ3v) is 2.74. The number of hydrogen-bond donors (Lipinski definition) is 1. The third-order valence-electron chi connectivity index (χ3n) is 2.17. The molecule has 0 saturated carbocycles. The van der Waals surface area contributed by atoms with Crippen LogP contribution in [0.3, 0.4) is 0 Å². The molecular weight excluding hydrogens is 261 g/mol. The quantitative estimate of drug-likeness (QED) is 0.869. The van der Waals surface area contributed by atoms with Gasteiger partial charge in [0.15, 0.2) is 11.5 Å². The molecule has 17 heavy (non-hydrogen) atoms. The Bertz CT molecular complexity index is 516. The summed E-state index contributed by atoms with van der Waals surface area (Å²) in [6.07, 6.45) is 3.37. The molecule has 0 aliphatic heterocycles. The van der Waals surface area contributed by atoms with Gasteiger partial charge in [-0.25, -0.2) is 0 Å². The van der Waals surface area contributed by atoms with E-state index in [0.717, 1.165) is 6.54 Å². The average Bonchev–Trinajstić information content (AvgIpc) is 2.71. The molecular formula is C11H11Cl2N3O. The van der Waals surface area contributed by atoms with Crippen LogP contribution in [0.5, 0.6) is 11.5 Å². The molecule has 0 aliphatic carbocycles. The fourth-order valence-electron chi connectivity index (χ4n) is 1.37. The molecule has 0 aliphatic rings. The first-order valence-electron chi connectivity index (χ1n) is 5.05. The Morgan fingerprint density at radius 2 is 2.00 bits per heavy atom. The van der Waals surface area contributed by atoms with Crippen molar-refractivity contribution >= 4 is 28.9 Å². The summed E-state index contributed by atoms with van der Waals surface area (Å²) in [5.74, 6) is 0.971. The van der Waals surface area contributed by atoms with E-state index in [-0.39, 0.29) is 0 Å². The Kier molecular flexibility index (Phi) is 3.45. The lowest BCUT2D eigenvalue weighted by atomic mass is 10.3. The van der Waals surface area contributed by atoms with Crippen LogP contribution >= 0.6 is 23.2 Å². The maximum absolute atomic E-state index is 6.01. The second-order valence-electron chi connectivity index (χ2n) is 3.45. The smallest absolute Gasteiger partial charge is 0.165 e. The number of nitrogens with zero attached hydrogens (tertiary/aromatic N) is 2. The molecule has 4 nitrogen and oxygen atoms in total. The molecule has 0 saturated heterocycles. The average molecular weight is 272 g/mol. The van der Waals surface area contributed by atoms with Gasteiger partial charge in [0.25, 0.3) is 0 Å². The highest BCUT2D eigenvalue weighted by molar-refractivity contribution is 6.37. The van der Waals surface area contributed by atoms with Crippen LogP contribution in [0.1, 0.15) is 6.92 Å². The van der Waals surface area contributed by atoms with Crippen LogP contribution in [-0.2, 0) is 6.54 Å². The van der Waals surface area contributed by atoms with Crippen molar-refractivity contribution in [2.24, 2.45) is 0 Å². The van der Waals surface area contributed by atoms with Crippen molar-refractivity contribution in [3.63, 3.8) is 0 Å². The van der Waals surface area contributed by atoms with E-state index < -0.39 is 0 Å². The van der Waals surface area contributed by atoms with E-state index in [1.54, 1.807) is 29.2 Å². The number of nitrogen functional groups attached to an aromatic ring is 1. The highest BCUT2D eigenvalue weighted by Crippen LogP contribution is 2.37. The van der Waals surface area contributed by atoms with Gasteiger partial charge < -0.3 is 10.5 Å². The van der Waals surface area contributed by atoms with Crippen LogP contribution in [-0.4, -0.2) is 9.78 Å². The van der Waals surface area contributed by atoms with E-state index in [9.17, 15) is 0 Å². The molecule has 90 valence electrons. The maximum Gasteiger partial charge on any atom is 0.165 e. The summed E-state index contributed by atoms with van der Waals surface area (Å²) in [4.78, 5) is 0. The Labute approximate surface area is 109 Å². The number of benzene rings is 1. The molecule has 0 amide bonds. The summed E-state index contributed by atoms with van der Waals surface area (Å²) in [6, 6.07) is 3.18. The largest absolute Gasteiger partial charge is 0.451 e. The molecule has 1 aromatic heterocycles. The van der Waals surface area contributed by atoms with Crippen LogP contribution in [0.2, 0.25) is 10.0 Å². The lowest BCUT2D eigenvalue weighted by molar-refractivity contribution is 0.482. The summed E-state index contributed by atoms with van der Waals surface area (Å²) in [6.45, 7) is 2.76. The lowest BCUT2D eigenvalue weighted by Crippen LogP contribution is -1.92. The van der Waals surface area contributed by atoms with E-state index in [1.165, 1.54) is 0 Å². The highest BCUT2D eigenvalue weighted by atomic mass is 35.5. The standard InChI is InChI=1S/C11H11Cl2N3O/c1-2-16-6-8(5-15-16)17-11-9(12)3-7(14)4-10(11)13/h3-6H,2,14H2,1H3. The first-order valence-corrected chi connectivity index (χ1v) is 5.80. The van der Waals surface area contributed by atoms with Crippen molar-refractivity contribution in [1.82, 2.24) is 9.78 Å². The highest BCUT2D eigenvalue weighted by Gasteiger charge is 2.10. The Morgan fingerprint density at radius 3 is 2.53 bits per heavy atom. The van der Waals surface area contributed by atoms with Crippen molar-refractivity contribution in [1.29, 1.82) is 0 Å². The molecule has 2 aromatic rings. The van der Waals surface area contributed by atoms with Gasteiger partial charge in [0.05, 0.1) is 22.4 Å². The van der Waals surface area contributed by atoms with Crippen LogP contribution in [0, 0.1) is 0 Å². The van der Waals surface area contributed by atoms with Crippen molar-refractivity contribution in [3.8, 4) is 11.5 Å². The van der Waals surface area contributed by atoms with Crippen molar-refractivity contribution in [3.05, 3.63) is 34.6 Å². The number of nitrogens with two attached hydrogens (primary N) is 1. The third kappa shape index (κ3) is 2.65. The zero-order chi connectivity index (χ0) is 12.4. The first-order chi connectivity index (χ1) is 8.10.